The molecular weight excluding hydrogens is 388 g/mol. The fourth-order valence-corrected chi connectivity index (χ4v) is 4.78. The summed E-state index contributed by atoms with van der Waals surface area (Å²) < 4.78 is 33.2. The molecule has 0 spiro atoms. The number of ether oxygens (including phenoxy) is 6. The molecule has 0 radical (unpaired) electrons. The lowest BCUT2D eigenvalue weighted by molar-refractivity contribution is -0.141. The first-order valence-electron chi connectivity index (χ1n) is 9.66. The van der Waals surface area contributed by atoms with Crippen LogP contribution in [-0.4, -0.2) is 40.7 Å². The minimum Gasteiger partial charge on any atom is -0.493 e. The van der Waals surface area contributed by atoms with E-state index < -0.39 is 5.92 Å². The van der Waals surface area contributed by atoms with Gasteiger partial charge in [-0.1, -0.05) is 6.58 Å². The number of fused-ring (bicyclic) bond motifs is 3. The molecule has 2 heterocycles. The first kappa shape index (κ1) is 18.7. The van der Waals surface area contributed by atoms with Crippen molar-refractivity contribution >= 4 is 11.5 Å². The number of carbonyl (C=O) groups excluding carboxylic acids is 1. The first-order chi connectivity index (χ1) is 14.6. The summed E-state index contributed by atoms with van der Waals surface area (Å²) in [5.41, 5.74) is 3.64. The van der Waals surface area contributed by atoms with E-state index in [1.54, 1.807) is 21.3 Å². The van der Waals surface area contributed by atoms with Crippen molar-refractivity contribution in [3.05, 3.63) is 47.5 Å². The topological polar surface area (TPSA) is 72.5 Å². The van der Waals surface area contributed by atoms with Gasteiger partial charge in [-0.05, 0) is 46.5 Å². The molecule has 0 N–H and O–H groups in total. The van der Waals surface area contributed by atoms with Crippen molar-refractivity contribution in [1.82, 2.24) is 0 Å². The predicted octanol–water partition coefficient (Wildman–Crippen LogP) is 3.39. The van der Waals surface area contributed by atoms with Crippen molar-refractivity contribution in [2.24, 2.45) is 11.8 Å². The smallest absolute Gasteiger partial charge is 0.310 e. The van der Waals surface area contributed by atoms with Crippen LogP contribution in [-0.2, 0) is 9.53 Å². The predicted molar refractivity (Wildman–Crippen MR) is 107 cm³/mol. The molecule has 3 aliphatic rings. The van der Waals surface area contributed by atoms with Crippen LogP contribution in [0, 0.1) is 11.8 Å². The number of benzene rings is 2. The minimum atomic E-state index is -0.395. The van der Waals surface area contributed by atoms with Gasteiger partial charge in [0.25, 0.3) is 0 Å². The van der Waals surface area contributed by atoms with Crippen molar-refractivity contribution in [1.29, 1.82) is 0 Å². The minimum absolute atomic E-state index is 0.116. The number of rotatable bonds is 4. The molecule has 2 aromatic rings. The molecule has 156 valence electrons. The number of hydrogen-bond acceptors (Lipinski definition) is 7. The molecule has 0 saturated carbocycles. The first-order valence-corrected chi connectivity index (χ1v) is 9.66. The Morgan fingerprint density at radius 1 is 0.933 bits per heavy atom. The van der Waals surface area contributed by atoms with Crippen molar-refractivity contribution in [3.63, 3.8) is 0 Å². The molecule has 1 aliphatic carbocycles. The van der Waals surface area contributed by atoms with Crippen LogP contribution in [0.15, 0.2) is 30.8 Å². The summed E-state index contributed by atoms with van der Waals surface area (Å²) in [4.78, 5) is 12.8. The van der Waals surface area contributed by atoms with Gasteiger partial charge >= 0.3 is 5.97 Å². The second-order valence-corrected chi connectivity index (χ2v) is 7.52. The van der Waals surface area contributed by atoms with E-state index in [-0.39, 0.29) is 24.6 Å². The summed E-state index contributed by atoms with van der Waals surface area (Å²) in [7, 11) is 4.70. The normalized spacial score (nSPS) is 23.5. The maximum absolute atomic E-state index is 12.8. The molecule has 7 nitrogen and oxygen atoms in total. The fourth-order valence-electron chi connectivity index (χ4n) is 4.78. The third-order valence-electron chi connectivity index (χ3n) is 6.19. The largest absolute Gasteiger partial charge is 0.493 e. The zero-order chi connectivity index (χ0) is 21.0. The van der Waals surface area contributed by atoms with Gasteiger partial charge in [0, 0.05) is 11.8 Å². The van der Waals surface area contributed by atoms with Gasteiger partial charge in [0.1, 0.15) is 0 Å². The molecule has 7 heteroatoms. The van der Waals surface area contributed by atoms with E-state index in [0.717, 1.165) is 22.3 Å². The van der Waals surface area contributed by atoms with Crippen molar-refractivity contribution < 1.29 is 33.2 Å². The molecule has 1 unspecified atom stereocenters. The van der Waals surface area contributed by atoms with Gasteiger partial charge in [-0.2, -0.15) is 0 Å². The number of esters is 1. The van der Waals surface area contributed by atoms with Crippen LogP contribution < -0.4 is 23.7 Å². The van der Waals surface area contributed by atoms with Crippen LogP contribution in [0.5, 0.6) is 28.7 Å². The molecule has 0 amide bonds. The number of cyclic esters (lactones) is 1. The number of carbonyl (C=O) groups is 1. The molecule has 0 bridgehead atoms. The van der Waals surface area contributed by atoms with Crippen LogP contribution in [0.1, 0.15) is 22.6 Å². The molecule has 30 heavy (non-hydrogen) atoms. The lowest BCUT2D eigenvalue weighted by atomic mass is 9.65. The number of hydrogen-bond donors (Lipinski definition) is 0. The zero-order valence-electron chi connectivity index (χ0n) is 17.0. The molecule has 2 aliphatic heterocycles. The molecule has 5 rings (SSSR count). The molecule has 1 fully saturated rings. The summed E-state index contributed by atoms with van der Waals surface area (Å²) in [5, 5.41) is 0. The maximum atomic E-state index is 12.8. The number of methoxy groups -OCH3 is 3. The van der Waals surface area contributed by atoms with Gasteiger partial charge in [-0.25, -0.2) is 0 Å². The zero-order valence-corrected chi connectivity index (χ0v) is 17.0. The second-order valence-electron chi connectivity index (χ2n) is 7.52. The second kappa shape index (κ2) is 6.86. The summed E-state index contributed by atoms with van der Waals surface area (Å²) in [5.74, 6) is 1.87. The monoisotopic (exact) mass is 410 g/mol. The Kier molecular flexibility index (Phi) is 4.27. The van der Waals surface area contributed by atoms with Crippen molar-refractivity contribution in [2.45, 2.75) is 5.92 Å². The average Bonchev–Trinajstić information content (AvgIpc) is 3.38. The van der Waals surface area contributed by atoms with Gasteiger partial charge < -0.3 is 28.4 Å². The van der Waals surface area contributed by atoms with E-state index in [1.807, 2.05) is 24.3 Å². The standard InChI is InChI=1S/C23H22O7/c1-11-13-7-16-17(30-10-29-16)8-14(13)20(21-15(11)9-28-23(21)24)12-5-18(25-2)22(27-4)19(6-12)26-3/h5-8,15,20-21H,1,9-10H2,2-4H3/t15-,20-,21?/m1/s1. The fraction of sp³-hybridized carbons (Fsp3) is 0.348. The SMILES string of the molecule is C=C1c2cc3c(cc2[C@@H](c2cc(OC)c(OC)c(OC)c2)C2C(=O)OC[C@H]12)OCO3. The van der Waals surface area contributed by atoms with Crippen LogP contribution in [0.4, 0.5) is 0 Å². The quantitative estimate of drug-likeness (QED) is 0.716. The van der Waals surface area contributed by atoms with Gasteiger partial charge in [-0.15, -0.1) is 0 Å². The Labute approximate surface area is 174 Å². The van der Waals surface area contributed by atoms with E-state index in [9.17, 15) is 4.79 Å². The van der Waals surface area contributed by atoms with Gasteiger partial charge in [0.15, 0.2) is 23.0 Å². The Morgan fingerprint density at radius 3 is 2.23 bits per heavy atom. The molecule has 3 atom stereocenters. The van der Waals surface area contributed by atoms with Crippen molar-refractivity contribution in [2.75, 3.05) is 34.7 Å². The van der Waals surface area contributed by atoms with E-state index >= 15 is 0 Å². The highest BCUT2D eigenvalue weighted by Crippen LogP contribution is 2.55. The Balaban J connectivity index is 1.75. The van der Waals surface area contributed by atoms with Gasteiger partial charge in [0.2, 0.25) is 12.5 Å². The summed E-state index contributed by atoms with van der Waals surface area (Å²) >= 11 is 0. The van der Waals surface area contributed by atoms with Crippen molar-refractivity contribution in [3.8, 4) is 28.7 Å². The molecule has 1 saturated heterocycles. The van der Waals surface area contributed by atoms with E-state index in [4.69, 9.17) is 28.4 Å². The molecule has 0 aromatic heterocycles. The highest BCUT2D eigenvalue weighted by molar-refractivity contribution is 5.87. The van der Waals surface area contributed by atoms with E-state index in [2.05, 4.69) is 6.58 Å². The summed E-state index contributed by atoms with van der Waals surface area (Å²) in [6.45, 7) is 4.77. The lowest BCUT2D eigenvalue weighted by Gasteiger charge is -2.35. The van der Waals surface area contributed by atoms with Crippen LogP contribution in [0.2, 0.25) is 0 Å². The highest BCUT2D eigenvalue weighted by Gasteiger charge is 2.50. The van der Waals surface area contributed by atoms with Crippen LogP contribution in [0.25, 0.3) is 5.57 Å². The Hall–Kier alpha value is -3.35. The highest BCUT2D eigenvalue weighted by atomic mass is 16.7. The van der Waals surface area contributed by atoms with Gasteiger partial charge in [0.05, 0.1) is 33.9 Å². The van der Waals surface area contributed by atoms with Crippen LogP contribution in [0.3, 0.4) is 0 Å². The maximum Gasteiger partial charge on any atom is 0.310 e. The third kappa shape index (κ3) is 2.54. The summed E-state index contributed by atoms with van der Waals surface area (Å²) in [6, 6.07) is 7.66. The Morgan fingerprint density at radius 2 is 1.60 bits per heavy atom. The molecular formula is C23H22O7. The molecule has 2 aromatic carbocycles. The average molecular weight is 410 g/mol. The van der Waals surface area contributed by atoms with E-state index in [0.29, 0.717) is 35.4 Å². The van der Waals surface area contributed by atoms with E-state index in [1.165, 1.54) is 0 Å². The van der Waals surface area contributed by atoms with Gasteiger partial charge in [-0.3, -0.25) is 4.79 Å². The third-order valence-corrected chi connectivity index (χ3v) is 6.19. The lowest BCUT2D eigenvalue weighted by Crippen LogP contribution is -2.30. The van der Waals surface area contributed by atoms with Crippen LogP contribution >= 0.6 is 0 Å². The summed E-state index contributed by atoms with van der Waals surface area (Å²) in [6.07, 6.45) is 0. The Bertz CT molecular complexity index is 1030.